The number of rotatable bonds is 3. The van der Waals surface area contributed by atoms with E-state index >= 15 is 0 Å². The maximum Gasteiger partial charge on any atom is 0.0693 e. The molecule has 0 atom stereocenters. The van der Waals surface area contributed by atoms with Gasteiger partial charge in [-0.15, -0.1) is 0 Å². The number of nitriles is 1. The van der Waals surface area contributed by atoms with Crippen LogP contribution in [0.3, 0.4) is 0 Å². The van der Waals surface area contributed by atoms with Gasteiger partial charge in [-0.3, -0.25) is 0 Å². The molecule has 1 aromatic carbocycles. The Morgan fingerprint density at radius 2 is 1.93 bits per heavy atom. The summed E-state index contributed by atoms with van der Waals surface area (Å²) in [5.41, 5.74) is 2.74. The number of benzene rings is 1. The zero-order chi connectivity index (χ0) is 10.7. The molecule has 0 radical (unpaired) electrons. The first-order valence-electron chi connectivity index (χ1n) is 5.78. The van der Waals surface area contributed by atoms with Gasteiger partial charge in [0.25, 0.3) is 0 Å². The van der Waals surface area contributed by atoms with Crippen molar-refractivity contribution in [1.29, 1.82) is 5.26 Å². The van der Waals surface area contributed by atoms with Crippen LogP contribution in [0.1, 0.15) is 37.3 Å². The van der Waals surface area contributed by atoms with Crippen LogP contribution in [0.25, 0.3) is 0 Å². The molecule has 1 aliphatic carbocycles. The summed E-state index contributed by atoms with van der Waals surface area (Å²) in [5, 5.41) is 9.21. The van der Waals surface area contributed by atoms with Gasteiger partial charge in [0.1, 0.15) is 0 Å². The van der Waals surface area contributed by atoms with Crippen molar-refractivity contribution in [2.45, 2.75) is 39.0 Å². The lowest BCUT2D eigenvalue weighted by molar-refractivity contribution is 0.213. The van der Waals surface area contributed by atoms with E-state index in [-0.39, 0.29) is 5.41 Å². The van der Waals surface area contributed by atoms with Crippen molar-refractivity contribution in [2.24, 2.45) is 5.41 Å². The fourth-order valence-corrected chi connectivity index (χ4v) is 2.37. The molecule has 0 aliphatic heterocycles. The molecule has 0 aromatic heterocycles. The summed E-state index contributed by atoms with van der Waals surface area (Å²) in [6, 6.07) is 11.0. The largest absolute Gasteiger partial charge is 0.198 e. The van der Waals surface area contributed by atoms with E-state index in [4.69, 9.17) is 0 Å². The third kappa shape index (κ3) is 1.90. The molecule has 1 heteroatoms. The van der Waals surface area contributed by atoms with Crippen LogP contribution in [0.4, 0.5) is 0 Å². The van der Waals surface area contributed by atoms with Gasteiger partial charge in [0.05, 0.1) is 11.5 Å². The summed E-state index contributed by atoms with van der Waals surface area (Å²) in [6.07, 6.45) is 5.41. The molecular weight excluding hydrogens is 182 g/mol. The average Bonchev–Trinajstić information content (AvgIpc) is 2.24. The van der Waals surface area contributed by atoms with Gasteiger partial charge >= 0.3 is 0 Å². The maximum absolute atomic E-state index is 9.21. The van der Waals surface area contributed by atoms with E-state index in [1.54, 1.807) is 0 Å². The molecule has 0 unspecified atom stereocenters. The minimum atomic E-state index is -0.0364. The third-order valence-electron chi connectivity index (χ3n) is 3.58. The molecule has 0 bridgehead atoms. The van der Waals surface area contributed by atoms with Gasteiger partial charge < -0.3 is 0 Å². The van der Waals surface area contributed by atoms with E-state index in [1.165, 1.54) is 17.5 Å². The van der Waals surface area contributed by atoms with Crippen molar-refractivity contribution < 1.29 is 0 Å². The van der Waals surface area contributed by atoms with E-state index in [2.05, 4.69) is 37.3 Å². The molecule has 0 amide bonds. The van der Waals surface area contributed by atoms with Crippen molar-refractivity contribution in [3.63, 3.8) is 0 Å². The lowest BCUT2D eigenvalue weighted by Crippen LogP contribution is -2.30. The average molecular weight is 199 g/mol. The molecule has 78 valence electrons. The van der Waals surface area contributed by atoms with E-state index in [1.807, 2.05) is 0 Å². The summed E-state index contributed by atoms with van der Waals surface area (Å²) in [5.74, 6) is 0. The molecule has 15 heavy (non-hydrogen) atoms. The van der Waals surface area contributed by atoms with Crippen LogP contribution in [0.15, 0.2) is 24.3 Å². The summed E-state index contributed by atoms with van der Waals surface area (Å²) in [6.45, 7) is 2.18. The molecule has 0 heterocycles. The predicted molar refractivity (Wildman–Crippen MR) is 61.4 cm³/mol. The molecule has 0 N–H and O–H groups in total. The van der Waals surface area contributed by atoms with Gasteiger partial charge in [-0.1, -0.05) is 37.6 Å². The fourth-order valence-electron chi connectivity index (χ4n) is 2.37. The second-order valence-corrected chi connectivity index (χ2v) is 4.54. The molecule has 1 aliphatic rings. The Bertz CT molecular complexity index is 383. The lowest BCUT2D eigenvalue weighted by atomic mass is 9.66. The fraction of sp³-hybridized carbons (Fsp3) is 0.500. The standard InChI is InChI=1S/C14H17N/c1-2-12-6-3-4-7-13(12)10-14(11-15)8-5-9-14/h3-4,6-7H,2,5,8-10H2,1H3. The van der Waals surface area contributed by atoms with Crippen LogP contribution in [0, 0.1) is 16.7 Å². The number of hydrogen-bond donors (Lipinski definition) is 0. The molecule has 1 saturated carbocycles. The minimum absolute atomic E-state index is 0.0364. The van der Waals surface area contributed by atoms with E-state index < -0.39 is 0 Å². The highest BCUT2D eigenvalue weighted by Gasteiger charge is 2.37. The SMILES string of the molecule is CCc1ccccc1CC1(C#N)CCC1. The minimum Gasteiger partial charge on any atom is -0.198 e. The van der Waals surface area contributed by atoms with E-state index in [0.29, 0.717) is 0 Å². The van der Waals surface area contributed by atoms with Crippen LogP contribution >= 0.6 is 0 Å². The van der Waals surface area contributed by atoms with Crippen molar-refractivity contribution in [3.8, 4) is 6.07 Å². The lowest BCUT2D eigenvalue weighted by Gasteiger charge is -2.35. The van der Waals surface area contributed by atoms with Crippen molar-refractivity contribution in [3.05, 3.63) is 35.4 Å². The molecule has 1 nitrogen and oxygen atoms in total. The first kappa shape index (κ1) is 10.2. The summed E-state index contributed by atoms with van der Waals surface area (Å²) < 4.78 is 0. The Kier molecular flexibility index (Phi) is 2.77. The van der Waals surface area contributed by atoms with Crippen molar-refractivity contribution in [2.75, 3.05) is 0 Å². The van der Waals surface area contributed by atoms with Gasteiger partial charge in [0.15, 0.2) is 0 Å². The van der Waals surface area contributed by atoms with Crippen LogP contribution in [-0.4, -0.2) is 0 Å². The van der Waals surface area contributed by atoms with Gasteiger partial charge in [0.2, 0.25) is 0 Å². The second kappa shape index (κ2) is 4.06. The van der Waals surface area contributed by atoms with E-state index in [9.17, 15) is 5.26 Å². The molecule has 1 fully saturated rings. The number of nitrogens with zero attached hydrogens (tertiary/aromatic N) is 1. The van der Waals surface area contributed by atoms with E-state index in [0.717, 1.165) is 25.7 Å². The predicted octanol–water partition coefficient (Wildman–Crippen LogP) is 3.49. The molecule has 1 aromatic rings. The summed E-state index contributed by atoms with van der Waals surface area (Å²) in [4.78, 5) is 0. The smallest absolute Gasteiger partial charge is 0.0693 e. The Balaban J connectivity index is 2.20. The van der Waals surface area contributed by atoms with Crippen molar-refractivity contribution in [1.82, 2.24) is 0 Å². The molecule has 2 rings (SSSR count). The van der Waals surface area contributed by atoms with Gasteiger partial charge in [-0.25, -0.2) is 0 Å². The quantitative estimate of drug-likeness (QED) is 0.731. The highest BCUT2D eigenvalue weighted by atomic mass is 14.4. The van der Waals surface area contributed by atoms with Crippen molar-refractivity contribution >= 4 is 0 Å². The molecule has 0 saturated heterocycles. The Morgan fingerprint density at radius 1 is 1.27 bits per heavy atom. The van der Waals surface area contributed by atoms with Crippen LogP contribution in [-0.2, 0) is 12.8 Å². The van der Waals surface area contributed by atoms with Gasteiger partial charge in [0, 0.05) is 0 Å². The Morgan fingerprint density at radius 3 is 2.40 bits per heavy atom. The summed E-state index contributed by atoms with van der Waals surface area (Å²) >= 11 is 0. The first-order chi connectivity index (χ1) is 7.29. The number of hydrogen-bond acceptors (Lipinski definition) is 1. The Labute approximate surface area is 91.7 Å². The monoisotopic (exact) mass is 199 g/mol. The molecule has 0 spiro atoms. The van der Waals surface area contributed by atoms with Crippen LogP contribution in [0.5, 0.6) is 0 Å². The maximum atomic E-state index is 9.21. The zero-order valence-corrected chi connectivity index (χ0v) is 9.29. The first-order valence-corrected chi connectivity index (χ1v) is 5.78. The third-order valence-corrected chi connectivity index (χ3v) is 3.58. The second-order valence-electron chi connectivity index (χ2n) is 4.54. The highest BCUT2D eigenvalue weighted by Crippen LogP contribution is 2.43. The summed E-state index contributed by atoms with van der Waals surface area (Å²) in [7, 11) is 0. The molecular formula is C14H17N. The highest BCUT2D eigenvalue weighted by molar-refractivity contribution is 5.30. The Hall–Kier alpha value is -1.29. The van der Waals surface area contributed by atoms with Crippen LogP contribution in [0.2, 0.25) is 0 Å². The normalized spacial score (nSPS) is 17.9. The topological polar surface area (TPSA) is 23.8 Å². The number of aryl methyl sites for hydroxylation is 1. The zero-order valence-electron chi connectivity index (χ0n) is 9.29. The van der Waals surface area contributed by atoms with Gasteiger partial charge in [-0.05, 0) is 36.8 Å². The van der Waals surface area contributed by atoms with Gasteiger partial charge in [-0.2, -0.15) is 5.26 Å². The van der Waals surface area contributed by atoms with Crippen LogP contribution < -0.4 is 0 Å².